The lowest BCUT2D eigenvalue weighted by molar-refractivity contribution is -0.161. The number of fused-ring (bicyclic) bond motifs is 1. The highest BCUT2D eigenvalue weighted by Gasteiger charge is 2.55. The van der Waals surface area contributed by atoms with E-state index in [0.717, 1.165) is 59.7 Å². The lowest BCUT2D eigenvalue weighted by Crippen LogP contribution is -2.51. The van der Waals surface area contributed by atoms with E-state index < -0.39 is 0 Å². The third-order valence-corrected chi connectivity index (χ3v) is 9.52. The Labute approximate surface area is 213 Å². The summed E-state index contributed by atoms with van der Waals surface area (Å²) in [6.45, 7) is 2.10. The van der Waals surface area contributed by atoms with Gasteiger partial charge in [-0.3, -0.25) is 9.20 Å². The van der Waals surface area contributed by atoms with E-state index in [4.69, 9.17) is 9.72 Å². The highest BCUT2D eigenvalue weighted by Crippen LogP contribution is 2.60. The fraction of sp³-hybridized carbons (Fsp3) is 0.548. The highest BCUT2D eigenvalue weighted by atomic mass is 16.5. The van der Waals surface area contributed by atoms with Crippen molar-refractivity contribution in [2.45, 2.75) is 83.6 Å². The minimum Gasteiger partial charge on any atom is -0.426 e. The molecule has 3 aromatic rings. The van der Waals surface area contributed by atoms with Gasteiger partial charge in [0, 0.05) is 17.8 Å². The number of pyridine rings is 1. The van der Waals surface area contributed by atoms with Crippen LogP contribution in [0.2, 0.25) is 0 Å². The van der Waals surface area contributed by atoms with Crippen LogP contribution in [0, 0.1) is 30.1 Å². The smallest absolute Gasteiger partial charge is 0.317 e. The zero-order chi connectivity index (χ0) is 24.3. The van der Waals surface area contributed by atoms with Crippen LogP contribution >= 0.6 is 0 Å². The molecule has 0 atom stereocenters. The van der Waals surface area contributed by atoms with Crippen LogP contribution in [0.15, 0.2) is 42.6 Å². The molecule has 5 nitrogen and oxygen atoms in total. The summed E-state index contributed by atoms with van der Waals surface area (Å²) in [5.41, 5.74) is 3.81. The number of carbonyl (C=O) groups is 1. The molecule has 5 fully saturated rings. The maximum atomic E-state index is 13.6. The minimum atomic E-state index is -0.251. The summed E-state index contributed by atoms with van der Waals surface area (Å²) in [4.78, 5) is 18.6. The largest absolute Gasteiger partial charge is 0.426 e. The van der Waals surface area contributed by atoms with Gasteiger partial charge in [-0.2, -0.15) is 0 Å². The van der Waals surface area contributed by atoms with Crippen molar-refractivity contribution in [3.63, 3.8) is 0 Å². The van der Waals surface area contributed by atoms with Gasteiger partial charge in [-0.25, -0.2) is 4.98 Å². The summed E-state index contributed by atoms with van der Waals surface area (Å²) >= 11 is 0. The van der Waals surface area contributed by atoms with Crippen molar-refractivity contribution in [3.05, 3.63) is 48.2 Å². The molecule has 5 heteroatoms. The first-order valence-electron chi connectivity index (χ1n) is 14.1. The second-order valence-corrected chi connectivity index (χ2v) is 12.3. The Bertz CT molecular complexity index is 1270. The summed E-state index contributed by atoms with van der Waals surface area (Å²) in [5.74, 6) is 3.87. The van der Waals surface area contributed by atoms with Crippen LogP contribution in [-0.2, 0) is 4.79 Å². The molecule has 1 N–H and O–H groups in total. The highest BCUT2D eigenvalue weighted by molar-refractivity contribution is 5.81. The molecule has 0 aliphatic heterocycles. The molecule has 36 heavy (non-hydrogen) atoms. The fourth-order valence-corrected chi connectivity index (χ4v) is 8.21. The number of carbonyl (C=O) groups excluding carboxylic acids is 1. The maximum Gasteiger partial charge on any atom is 0.317 e. The van der Waals surface area contributed by atoms with Gasteiger partial charge in [0.15, 0.2) is 0 Å². The molecule has 0 radical (unpaired) electrons. The average Bonchev–Trinajstić information content (AvgIpc) is 3.21. The first-order chi connectivity index (χ1) is 17.5. The first kappa shape index (κ1) is 22.4. The van der Waals surface area contributed by atoms with Crippen molar-refractivity contribution in [3.8, 4) is 17.0 Å². The monoisotopic (exact) mass is 483 g/mol. The second-order valence-electron chi connectivity index (χ2n) is 12.3. The molecule has 4 bridgehead atoms. The number of aryl methyl sites for hydroxylation is 1. The summed E-state index contributed by atoms with van der Waals surface area (Å²) in [6, 6.07) is 12.8. The Morgan fingerprint density at radius 1 is 1.00 bits per heavy atom. The standard InChI is InChI=1S/C31H37N3O2/c1-20-10-11-34-27(12-20)33-28(29(34)32-25-7-3-2-4-8-25)24-6-5-9-26(16-24)36-30(35)31-17-21-13-22(18-31)15-23(14-21)19-31/h5-6,9-12,16,21-23,25,32H,2-4,7-8,13-15,17-19H2,1H3. The van der Waals surface area contributed by atoms with E-state index in [0.29, 0.717) is 11.8 Å². The summed E-state index contributed by atoms with van der Waals surface area (Å²) in [7, 11) is 0. The molecule has 8 rings (SSSR count). The van der Waals surface area contributed by atoms with Crippen LogP contribution < -0.4 is 10.1 Å². The second kappa shape index (κ2) is 8.64. The molecule has 188 valence electrons. The number of nitrogens with zero attached hydrogens (tertiary/aromatic N) is 2. The molecule has 5 aliphatic carbocycles. The molecule has 2 heterocycles. The van der Waals surface area contributed by atoms with Crippen LogP contribution in [0.4, 0.5) is 5.82 Å². The zero-order valence-electron chi connectivity index (χ0n) is 21.3. The van der Waals surface area contributed by atoms with Gasteiger partial charge in [0.25, 0.3) is 0 Å². The lowest BCUT2D eigenvalue weighted by Gasteiger charge is -2.55. The third kappa shape index (κ3) is 3.91. The van der Waals surface area contributed by atoms with Gasteiger partial charge in [0.1, 0.15) is 22.9 Å². The molecule has 2 aromatic heterocycles. The van der Waals surface area contributed by atoms with Crippen molar-refractivity contribution >= 4 is 17.4 Å². The van der Waals surface area contributed by atoms with Gasteiger partial charge in [0.2, 0.25) is 0 Å². The molecule has 5 aliphatic rings. The topological polar surface area (TPSA) is 55.6 Å². The van der Waals surface area contributed by atoms with E-state index in [-0.39, 0.29) is 11.4 Å². The van der Waals surface area contributed by atoms with Crippen molar-refractivity contribution in [2.75, 3.05) is 5.32 Å². The molecule has 5 saturated carbocycles. The van der Waals surface area contributed by atoms with Gasteiger partial charge >= 0.3 is 5.97 Å². The normalized spacial score (nSPS) is 29.5. The Balaban J connectivity index is 1.19. The number of ether oxygens (including phenoxy) is 1. The number of hydrogen-bond acceptors (Lipinski definition) is 4. The van der Waals surface area contributed by atoms with Crippen LogP contribution in [0.3, 0.4) is 0 Å². The summed E-state index contributed by atoms with van der Waals surface area (Å²) in [6.07, 6.45) is 15.4. The number of imidazole rings is 1. The predicted octanol–water partition coefficient (Wildman–Crippen LogP) is 7.18. The van der Waals surface area contributed by atoms with Crippen molar-refractivity contribution < 1.29 is 9.53 Å². The molecule has 0 amide bonds. The Hall–Kier alpha value is -2.82. The predicted molar refractivity (Wildman–Crippen MR) is 142 cm³/mol. The Kier molecular flexibility index (Phi) is 5.37. The molecule has 1 aromatic carbocycles. The molecule has 0 spiro atoms. The number of esters is 1. The van der Waals surface area contributed by atoms with Crippen LogP contribution in [0.5, 0.6) is 5.75 Å². The van der Waals surface area contributed by atoms with Crippen molar-refractivity contribution in [1.82, 2.24) is 9.38 Å². The number of aromatic nitrogens is 2. The molecule has 0 unspecified atom stereocenters. The van der Waals surface area contributed by atoms with E-state index in [1.165, 1.54) is 56.9 Å². The lowest BCUT2D eigenvalue weighted by atomic mass is 9.49. The Morgan fingerprint density at radius 2 is 1.72 bits per heavy atom. The van der Waals surface area contributed by atoms with Crippen LogP contribution in [0.1, 0.15) is 76.2 Å². The van der Waals surface area contributed by atoms with E-state index in [9.17, 15) is 4.79 Å². The number of hydrogen-bond donors (Lipinski definition) is 1. The Morgan fingerprint density at radius 3 is 2.44 bits per heavy atom. The van der Waals surface area contributed by atoms with E-state index in [2.05, 4.69) is 41.0 Å². The van der Waals surface area contributed by atoms with Gasteiger partial charge in [-0.05, 0) is 106 Å². The number of nitrogens with one attached hydrogen (secondary N) is 1. The first-order valence-corrected chi connectivity index (χ1v) is 14.1. The SMILES string of the molecule is Cc1ccn2c(NC3CCCCC3)c(-c3cccc(OC(=O)C45CC6CC(CC(C6)C4)C5)c3)nc2c1. The van der Waals surface area contributed by atoms with Crippen molar-refractivity contribution in [1.29, 1.82) is 0 Å². The summed E-state index contributed by atoms with van der Waals surface area (Å²) in [5, 5.41) is 3.83. The minimum absolute atomic E-state index is 0.00457. The molecule has 0 saturated heterocycles. The van der Waals surface area contributed by atoms with Gasteiger partial charge in [-0.15, -0.1) is 0 Å². The van der Waals surface area contributed by atoms with Crippen LogP contribution in [0.25, 0.3) is 16.9 Å². The number of benzene rings is 1. The zero-order valence-corrected chi connectivity index (χ0v) is 21.3. The number of anilines is 1. The quantitative estimate of drug-likeness (QED) is 0.309. The molecular formula is C31H37N3O2. The van der Waals surface area contributed by atoms with E-state index in [1.54, 1.807) is 0 Å². The third-order valence-electron chi connectivity index (χ3n) is 9.52. The molecular weight excluding hydrogens is 446 g/mol. The average molecular weight is 484 g/mol. The maximum absolute atomic E-state index is 13.6. The summed E-state index contributed by atoms with van der Waals surface area (Å²) < 4.78 is 8.32. The van der Waals surface area contributed by atoms with Gasteiger partial charge < -0.3 is 10.1 Å². The van der Waals surface area contributed by atoms with E-state index >= 15 is 0 Å². The van der Waals surface area contributed by atoms with Gasteiger partial charge in [-0.1, -0.05) is 31.4 Å². The fourth-order valence-electron chi connectivity index (χ4n) is 8.21. The van der Waals surface area contributed by atoms with Crippen LogP contribution in [-0.4, -0.2) is 21.4 Å². The van der Waals surface area contributed by atoms with Crippen molar-refractivity contribution in [2.24, 2.45) is 23.2 Å². The van der Waals surface area contributed by atoms with E-state index in [1.807, 2.05) is 18.2 Å². The van der Waals surface area contributed by atoms with Gasteiger partial charge in [0.05, 0.1) is 5.41 Å². The number of rotatable bonds is 5.